The van der Waals surface area contributed by atoms with E-state index in [2.05, 4.69) is 15.6 Å². The largest absolute Gasteiger partial charge is 0.466 e. The van der Waals surface area contributed by atoms with Crippen molar-refractivity contribution >= 4 is 5.96 Å². The van der Waals surface area contributed by atoms with Crippen LogP contribution in [0.5, 0.6) is 0 Å². The van der Waals surface area contributed by atoms with Gasteiger partial charge in [-0.2, -0.15) is 0 Å². The molecule has 1 aromatic carbocycles. The van der Waals surface area contributed by atoms with E-state index >= 15 is 0 Å². The molecule has 0 aliphatic carbocycles. The minimum absolute atomic E-state index is 0.216. The first kappa shape index (κ1) is 19.0. The zero-order valence-electron chi connectivity index (χ0n) is 15.2. The summed E-state index contributed by atoms with van der Waals surface area (Å²) in [6.07, 6.45) is 0. The second-order valence-corrected chi connectivity index (χ2v) is 6.24. The van der Waals surface area contributed by atoms with Crippen molar-refractivity contribution < 1.29 is 13.9 Å². The molecule has 1 heterocycles. The first-order valence-electron chi connectivity index (χ1n) is 8.39. The van der Waals surface area contributed by atoms with Gasteiger partial charge in [0, 0.05) is 17.7 Å². The molecule has 136 valence electrons. The average Bonchev–Trinajstić information content (AvgIpc) is 2.91. The molecule has 2 aromatic rings. The molecule has 0 saturated carbocycles. The van der Waals surface area contributed by atoms with Gasteiger partial charge in [-0.1, -0.05) is 18.2 Å². The third-order valence-corrected chi connectivity index (χ3v) is 3.93. The van der Waals surface area contributed by atoms with Crippen LogP contribution in [0.25, 0.3) is 0 Å². The van der Waals surface area contributed by atoms with E-state index in [0.29, 0.717) is 23.8 Å². The maximum absolute atomic E-state index is 13.7. The Bertz CT molecular complexity index is 738. The van der Waals surface area contributed by atoms with E-state index in [-0.39, 0.29) is 18.9 Å². The highest BCUT2D eigenvalue weighted by Gasteiger charge is 2.27. The summed E-state index contributed by atoms with van der Waals surface area (Å²) in [5, 5.41) is 17.0. The number of rotatable bonds is 6. The van der Waals surface area contributed by atoms with E-state index in [1.165, 1.54) is 6.07 Å². The summed E-state index contributed by atoms with van der Waals surface area (Å²) >= 11 is 0. The fourth-order valence-corrected chi connectivity index (χ4v) is 2.65. The topological polar surface area (TPSA) is 69.8 Å². The van der Waals surface area contributed by atoms with E-state index in [9.17, 15) is 9.50 Å². The minimum Gasteiger partial charge on any atom is -0.466 e. The summed E-state index contributed by atoms with van der Waals surface area (Å²) in [7, 11) is 0. The van der Waals surface area contributed by atoms with Gasteiger partial charge in [-0.25, -0.2) is 9.38 Å². The molecule has 1 unspecified atom stereocenters. The summed E-state index contributed by atoms with van der Waals surface area (Å²) in [5.41, 5.74) is 0.144. The number of furan rings is 1. The Balaban J connectivity index is 2.07. The molecule has 0 radical (unpaired) electrons. The van der Waals surface area contributed by atoms with Gasteiger partial charge in [-0.15, -0.1) is 0 Å². The van der Waals surface area contributed by atoms with Crippen LogP contribution in [0.1, 0.15) is 36.5 Å². The molecule has 6 heteroatoms. The Morgan fingerprint density at radius 2 is 2.00 bits per heavy atom. The van der Waals surface area contributed by atoms with Crippen molar-refractivity contribution in [1.82, 2.24) is 10.6 Å². The van der Waals surface area contributed by atoms with Crippen molar-refractivity contribution in [3.63, 3.8) is 0 Å². The highest BCUT2D eigenvalue weighted by molar-refractivity contribution is 5.79. The molecule has 0 aliphatic rings. The summed E-state index contributed by atoms with van der Waals surface area (Å²) in [4.78, 5) is 4.39. The van der Waals surface area contributed by atoms with E-state index in [0.717, 1.165) is 11.3 Å². The van der Waals surface area contributed by atoms with Crippen LogP contribution >= 0.6 is 0 Å². The fourth-order valence-electron chi connectivity index (χ4n) is 2.65. The van der Waals surface area contributed by atoms with Crippen LogP contribution in [0.15, 0.2) is 39.7 Å². The summed E-state index contributed by atoms with van der Waals surface area (Å²) in [6.45, 7) is 8.47. The van der Waals surface area contributed by atoms with Crippen LogP contribution in [-0.2, 0) is 12.1 Å². The number of aliphatic imine (C=N–C) groups is 1. The number of hydrogen-bond acceptors (Lipinski definition) is 3. The number of nitrogens with zero attached hydrogens (tertiary/aromatic N) is 1. The highest BCUT2D eigenvalue weighted by atomic mass is 19.1. The molecular weight excluding hydrogens is 321 g/mol. The van der Waals surface area contributed by atoms with Gasteiger partial charge in [-0.05, 0) is 39.8 Å². The molecule has 0 fully saturated rings. The highest BCUT2D eigenvalue weighted by Crippen LogP contribution is 2.26. The van der Waals surface area contributed by atoms with E-state index in [4.69, 9.17) is 4.42 Å². The van der Waals surface area contributed by atoms with Crippen molar-refractivity contribution in [2.75, 3.05) is 13.1 Å². The SMILES string of the molecule is CCNC(=NCc1ccccc1F)NCC(C)(O)c1cc(C)oc1C. The second kappa shape index (κ2) is 8.16. The van der Waals surface area contributed by atoms with Gasteiger partial charge in [0.1, 0.15) is 22.9 Å². The third-order valence-electron chi connectivity index (χ3n) is 3.93. The van der Waals surface area contributed by atoms with Crippen molar-refractivity contribution in [3.05, 3.63) is 58.8 Å². The number of guanidine groups is 1. The standard InChI is InChI=1S/C19H26FN3O2/c1-5-21-18(22-11-15-8-6-7-9-17(15)20)23-12-19(4,24)16-10-13(2)25-14(16)3/h6-10,24H,5,11-12H2,1-4H3,(H2,21,22,23). The van der Waals surface area contributed by atoms with Crippen LogP contribution in [0.2, 0.25) is 0 Å². The molecule has 25 heavy (non-hydrogen) atoms. The van der Waals surface area contributed by atoms with Crippen LogP contribution in [-0.4, -0.2) is 24.2 Å². The number of aliphatic hydroxyl groups is 1. The first-order valence-corrected chi connectivity index (χ1v) is 8.39. The summed E-state index contributed by atoms with van der Waals surface area (Å²) in [5.74, 6) is 1.69. The number of hydrogen-bond donors (Lipinski definition) is 3. The smallest absolute Gasteiger partial charge is 0.191 e. The number of halogens is 1. The molecule has 0 spiro atoms. The van der Waals surface area contributed by atoms with Crippen molar-refractivity contribution in [2.24, 2.45) is 4.99 Å². The average molecular weight is 347 g/mol. The minimum atomic E-state index is -1.12. The van der Waals surface area contributed by atoms with Gasteiger partial charge in [0.05, 0.1) is 13.1 Å². The van der Waals surface area contributed by atoms with Crippen LogP contribution in [0.3, 0.4) is 0 Å². The lowest BCUT2D eigenvalue weighted by Crippen LogP contribution is -2.44. The quantitative estimate of drug-likeness (QED) is 0.555. The Kier molecular flexibility index (Phi) is 6.20. The van der Waals surface area contributed by atoms with Gasteiger partial charge in [0.2, 0.25) is 0 Å². The van der Waals surface area contributed by atoms with Crippen molar-refractivity contribution in [2.45, 2.75) is 39.8 Å². The van der Waals surface area contributed by atoms with E-state index < -0.39 is 5.60 Å². The fraction of sp³-hybridized carbons (Fsp3) is 0.421. The van der Waals surface area contributed by atoms with Gasteiger partial charge >= 0.3 is 0 Å². The lowest BCUT2D eigenvalue weighted by Gasteiger charge is -2.24. The predicted molar refractivity (Wildman–Crippen MR) is 97.0 cm³/mol. The summed E-state index contributed by atoms with van der Waals surface area (Å²) < 4.78 is 19.2. The Labute approximate surface area is 148 Å². The van der Waals surface area contributed by atoms with Crippen molar-refractivity contribution in [1.29, 1.82) is 0 Å². The lowest BCUT2D eigenvalue weighted by molar-refractivity contribution is 0.0601. The first-order chi connectivity index (χ1) is 11.8. The van der Waals surface area contributed by atoms with Gasteiger partial charge < -0.3 is 20.2 Å². The molecule has 0 amide bonds. The van der Waals surface area contributed by atoms with E-state index in [1.807, 2.05) is 26.8 Å². The van der Waals surface area contributed by atoms with Crippen LogP contribution in [0, 0.1) is 19.7 Å². The number of aryl methyl sites for hydroxylation is 2. The van der Waals surface area contributed by atoms with Gasteiger partial charge in [0.25, 0.3) is 0 Å². The third kappa shape index (κ3) is 5.06. The Morgan fingerprint density at radius 3 is 2.60 bits per heavy atom. The molecule has 5 nitrogen and oxygen atoms in total. The second-order valence-electron chi connectivity index (χ2n) is 6.24. The number of nitrogens with one attached hydrogen (secondary N) is 2. The Morgan fingerprint density at radius 1 is 1.28 bits per heavy atom. The zero-order valence-corrected chi connectivity index (χ0v) is 15.2. The monoisotopic (exact) mass is 347 g/mol. The van der Waals surface area contributed by atoms with Gasteiger partial charge in [-0.3, -0.25) is 0 Å². The normalized spacial score (nSPS) is 14.2. The summed E-state index contributed by atoms with van der Waals surface area (Å²) in [6, 6.07) is 8.39. The molecule has 2 rings (SSSR count). The lowest BCUT2D eigenvalue weighted by atomic mass is 9.96. The Hall–Kier alpha value is -2.34. The molecular formula is C19H26FN3O2. The van der Waals surface area contributed by atoms with Crippen LogP contribution < -0.4 is 10.6 Å². The molecule has 0 aliphatic heterocycles. The van der Waals surface area contributed by atoms with E-state index in [1.54, 1.807) is 25.1 Å². The predicted octanol–water partition coefficient (Wildman–Crippen LogP) is 3.00. The molecule has 1 aromatic heterocycles. The number of benzene rings is 1. The van der Waals surface area contributed by atoms with Crippen LogP contribution in [0.4, 0.5) is 4.39 Å². The maximum Gasteiger partial charge on any atom is 0.191 e. The molecule has 0 saturated heterocycles. The maximum atomic E-state index is 13.7. The molecule has 1 atom stereocenters. The molecule has 3 N–H and O–H groups in total. The van der Waals surface area contributed by atoms with Gasteiger partial charge in [0.15, 0.2) is 5.96 Å². The molecule has 0 bridgehead atoms. The van der Waals surface area contributed by atoms with Crippen molar-refractivity contribution in [3.8, 4) is 0 Å². The zero-order chi connectivity index (χ0) is 18.4.